The largest absolute Gasteiger partial charge is 0.497 e. The third kappa shape index (κ3) is 4.40. The van der Waals surface area contributed by atoms with E-state index in [1.165, 1.54) is 11.3 Å². The van der Waals surface area contributed by atoms with Gasteiger partial charge in [0.25, 0.3) is 0 Å². The number of fused-ring (bicyclic) bond motifs is 1. The van der Waals surface area contributed by atoms with Crippen molar-refractivity contribution in [3.8, 4) is 16.3 Å². The first-order valence-corrected chi connectivity index (χ1v) is 11.7. The van der Waals surface area contributed by atoms with Gasteiger partial charge >= 0.3 is 0 Å². The molecule has 5 N–H and O–H groups in total. The predicted molar refractivity (Wildman–Crippen MR) is 132 cm³/mol. The van der Waals surface area contributed by atoms with Crippen LogP contribution in [0.5, 0.6) is 5.75 Å². The zero-order chi connectivity index (χ0) is 23.7. The molecular weight excluding hydrogens is 454 g/mol. The molecule has 2 aromatic heterocycles. The number of hydrogen-bond acceptors (Lipinski definition) is 10. The van der Waals surface area contributed by atoms with Gasteiger partial charge in [-0.05, 0) is 42.8 Å². The van der Waals surface area contributed by atoms with Gasteiger partial charge in [-0.1, -0.05) is 12.1 Å². The van der Waals surface area contributed by atoms with Crippen molar-refractivity contribution in [2.45, 2.75) is 24.7 Å². The number of thiazole rings is 1. The third-order valence-corrected chi connectivity index (χ3v) is 7.09. The second kappa shape index (κ2) is 9.51. The van der Waals surface area contributed by atoms with Crippen LogP contribution >= 0.6 is 11.3 Å². The van der Waals surface area contributed by atoms with Crippen LogP contribution in [0.4, 0.5) is 17.5 Å². The molecule has 0 spiro atoms. The Bertz CT molecular complexity index is 1250. The first-order chi connectivity index (χ1) is 16.6. The fourth-order valence-corrected chi connectivity index (χ4v) is 5.10. The molecule has 176 valence electrons. The molecule has 34 heavy (non-hydrogen) atoms. The normalized spacial score (nSPS) is 22.1. The molecule has 0 amide bonds. The summed E-state index contributed by atoms with van der Waals surface area (Å²) >= 11 is 1.53. The third-order valence-electron chi connectivity index (χ3n) is 6.02. The summed E-state index contributed by atoms with van der Waals surface area (Å²) in [6, 6.07) is 14.8. The summed E-state index contributed by atoms with van der Waals surface area (Å²) in [5.74, 6) is 1.19. The maximum absolute atomic E-state index is 10.5. The number of ether oxygens (including phenoxy) is 1. The van der Waals surface area contributed by atoms with Gasteiger partial charge in [0.15, 0.2) is 0 Å². The second-order valence-corrected chi connectivity index (χ2v) is 9.24. The predicted octanol–water partition coefficient (Wildman–Crippen LogP) is 3.02. The van der Waals surface area contributed by atoms with Crippen molar-refractivity contribution in [1.82, 2.24) is 15.0 Å². The highest BCUT2D eigenvalue weighted by Crippen LogP contribution is 2.36. The number of para-hydroxylation sites is 1. The van der Waals surface area contributed by atoms with E-state index in [2.05, 4.69) is 20.6 Å². The van der Waals surface area contributed by atoms with Crippen LogP contribution in [-0.4, -0.2) is 62.2 Å². The van der Waals surface area contributed by atoms with Crippen molar-refractivity contribution < 1.29 is 20.1 Å². The van der Waals surface area contributed by atoms with Crippen molar-refractivity contribution in [3.63, 3.8) is 0 Å². The highest BCUT2D eigenvalue weighted by atomic mass is 32.1. The van der Waals surface area contributed by atoms with Crippen LogP contribution in [0.15, 0.2) is 54.7 Å². The van der Waals surface area contributed by atoms with Gasteiger partial charge in [-0.2, -0.15) is 4.98 Å². The van der Waals surface area contributed by atoms with E-state index in [0.29, 0.717) is 23.8 Å². The number of rotatable bonds is 7. The molecule has 4 unspecified atom stereocenters. The first-order valence-electron chi connectivity index (χ1n) is 10.9. The Kier molecular flexibility index (Phi) is 6.29. The van der Waals surface area contributed by atoms with E-state index >= 15 is 0 Å². The molecule has 0 aliphatic heterocycles. The lowest BCUT2D eigenvalue weighted by atomic mass is 10.1. The van der Waals surface area contributed by atoms with Crippen molar-refractivity contribution in [2.24, 2.45) is 5.92 Å². The lowest BCUT2D eigenvalue weighted by Gasteiger charge is -2.20. The van der Waals surface area contributed by atoms with Crippen LogP contribution in [-0.2, 0) is 0 Å². The maximum Gasteiger partial charge on any atom is 0.229 e. The fraction of sp³-hybridized carbons (Fsp3) is 0.292. The van der Waals surface area contributed by atoms with Crippen LogP contribution in [0.3, 0.4) is 0 Å². The molecule has 9 nitrogen and oxygen atoms in total. The van der Waals surface area contributed by atoms with E-state index in [-0.39, 0.29) is 6.61 Å². The first kappa shape index (κ1) is 22.5. The summed E-state index contributed by atoms with van der Waals surface area (Å²) in [4.78, 5) is 13.9. The molecule has 0 bridgehead atoms. The van der Waals surface area contributed by atoms with E-state index in [0.717, 1.165) is 26.7 Å². The SMILES string of the molecule is COc1ccc(Nc2ncc(-c3nc4ccccc4s3)c(NC3CC(CO)C(O)C3O)n2)cc1. The number of nitrogens with zero attached hydrogens (tertiary/aromatic N) is 3. The zero-order valence-electron chi connectivity index (χ0n) is 18.4. The molecular formula is C24H25N5O4S. The molecule has 0 saturated heterocycles. The fourth-order valence-electron chi connectivity index (χ4n) is 4.12. The number of nitrogens with one attached hydrogen (secondary N) is 2. The van der Waals surface area contributed by atoms with Crippen molar-refractivity contribution in [3.05, 3.63) is 54.7 Å². The summed E-state index contributed by atoms with van der Waals surface area (Å²) in [6.45, 7) is -0.199. The molecule has 2 aromatic carbocycles. The molecule has 4 atom stereocenters. The van der Waals surface area contributed by atoms with Crippen molar-refractivity contribution in [2.75, 3.05) is 24.4 Å². The van der Waals surface area contributed by atoms with E-state index in [1.54, 1.807) is 13.3 Å². The van der Waals surface area contributed by atoms with E-state index < -0.39 is 24.2 Å². The summed E-state index contributed by atoms with van der Waals surface area (Å²) in [5.41, 5.74) is 2.36. The molecule has 1 aliphatic carbocycles. The maximum atomic E-state index is 10.5. The van der Waals surface area contributed by atoms with Gasteiger partial charge in [-0.25, -0.2) is 9.97 Å². The number of aliphatic hydroxyl groups is 3. The van der Waals surface area contributed by atoms with Crippen LogP contribution in [0, 0.1) is 5.92 Å². The second-order valence-electron chi connectivity index (χ2n) is 8.21. The average Bonchev–Trinajstić information content (AvgIpc) is 3.41. The molecule has 4 aromatic rings. The molecule has 2 heterocycles. The number of aromatic nitrogens is 3. The summed E-state index contributed by atoms with van der Waals surface area (Å²) < 4.78 is 6.24. The molecule has 0 radical (unpaired) electrons. The van der Waals surface area contributed by atoms with Gasteiger partial charge in [0, 0.05) is 24.4 Å². The lowest BCUT2D eigenvalue weighted by molar-refractivity contribution is 0.00446. The Labute approximate surface area is 200 Å². The Morgan fingerprint density at radius 3 is 2.56 bits per heavy atom. The highest BCUT2D eigenvalue weighted by Gasteiger charge is 2.41. The quantitative estimate of drug-likeness (QED) is 0.271. The zero-order valence-corrected chi connectivity index (χ0v) is 19.2. The van der Waals surface area contributed by atoms with Crippen LogP contribution in [0.25, 0.3) is 20.8 Å². The van der Waals surface area contributed by atoms with E-state index in [9.17, 15) is 15.3 Å². The molecule has 1 saturated carbocycles. The standard InChI is InChI=1S/C24H25N5O4S/c1-33-15-8-6-14(7-9-15)26-24-25-11-16(23-28-17-4-2-3-5-19(17)34-23)22(29-24)27-18-10-13(12-30)20(31)21(18)32/h2-9,11,13,18,20-21,30-32H,10,12H2,1H3,(H2,25,26,27,29). The lowest BCUT2D eigenvalue weighted by Crippen LogP contribution is -2.35. The number of aliphatic hydroxyl groups excluding tert-OH is 3. The van der Waals surface area contributed by atoms with Crippen LogP contribution in [0.1, 0.15) is 6.42 Å². The Morgan fingerprint density at radius 2 is 1.85 bits per heavy atom. The average molecular weight is 480 g/mol. The van der Waals surface area contributed by atoms with Gasteiger partial charge in [0.1, 0.15) is 22.7 Å². The topological polar surface area (TPSA) is 133 Å². The molecule has 10 heteroatoms. The Hall–Kier alpha value is -3.31. The van der Waals surface area contributed by atoms with E-state index in [4.69, 9.17) is 9.72 Å². The highest BCUT2D eigenvalue weighted by molar-refractivity contribution is 7.21. The van der Waals surface area contributed by atoms with Crippen molar-refractivity contribution in [1.29, 1.82) is 0 Å². The summed E-state index contributed by atoms with van der Waals surface area (Å²) in [6.07, 6.45) is 0.0595. The van der Waals surface area contributed by atoms with Gasteiger partial charge in [-0.3, -0.25) is 0 Å². The Morgan fingerprint density at radius 1 is 1.06 bits per heavy atom. The minimum absolute atomic E-state index is 0.199. The van der Waals surface area contributed by atoms with Gasteiger partial charge in [0.2, 0.25) is 5.95 Å². The minimum Gasteiger partial charge on any atom is -0.497 e. The molecule has 1 aliphatic rings. The minimum atomic E-state index is -1.03. The van der Waals surface area contributed by atoms with Crippen LogP contribution in [0.2, 0.25) is 0 Å². The van der Waals surface area contributed by atoms with E-state index in [1.807, 2.05) is 48.5 Å². The monoisotopic (exact) mass is 479 g/mol. The summed E-state index contributed by atoms with van der Waals surface area (Å²) in [7, 11) is 1.61. The Balaban J connectivity index is 1.49. The smallest absolute Gasteiger partial charge is 0.229 e. The van der Waals surface area contributed by atoms with Gasteiger partial charge in [0.05, 0.1) is 35.0 Å². The number of anilines is 3. The van der Waals surface area contributed by atoms with Gasteiger partial charge < -0.3 is 30.7 Å². The molecule has 1 fully saturated rings. The number of methoxy groups -OCH3 is 1. The number of benzene rings is 2. The van der Waals surface area contributed by atoms with Gasteiger partial charge in [-0.15, -0.1) is 11.3 Å². The van der Waals surface area contributed by atoms with Crippen molar-refractivity contribution >= 4 is 39.0 Å². The van der Waals surface area contributed by atoms with Crippen LogP contribution < -0.4 is 15.4 Å². The summed E-state index contributed by atoms with van der Waals surface area (Å²) in [5, 5.41) is 37.5. The molecule has 5 rings (SSSR count). The number of hydrogen-bond donors (Lipinski definition) is 5.